The Bertz CT molecular complexity index is 350. The number of thioether (sulfide) groups is 1. The van der Waals surface area contributed by atoms with E-state index in [0.29, 0.717) is 4.32 Å². The molecule has 0 atom stereocenters. The lowest BCUT2D eigenvalue weighted by Crippen LogP contribution is -2.10. The number of hydrazone groups is 1. The molecule has 0 aliphatic heterocycles. The van der Waals surface area contributed by atoms with E-state index in [4.69, 9.17) is 12.2 Å². The first-order valence-corrected chi connectivity index (χ1v) is 5.66. The van der Waals surface area contributed by atoms with Crippen molar-refractivity contribution in [1.82, 2.24) is 10.4 Å². The number of aryl methyl sites for hydroxylation is 1. The van der Waals surface area contributed by atoms with Crippen molar-refractivity contribution in [3.63, 3.8) is 0 Å². The van der Waals surface area contributed by atoms with Crippen LogP contribution in [0.2, 0.25) is 0 Å². The van der Waals surface area contributed by atoms with Crippen LogP contribution in [-0.2, 0) is 0 Å². The van der Waals surface area contributed by atoms with E-state index in [0.717, 1.165) is 11.4 Å². The van der Waals surface area contributed by atoms with Gasteiger partial charge in [-0.1, -0.05) is 30.0 Å². The SMILES string of the molecule is CSC(=S)N/N=C\c1cccc(C)n1. The van der Waals surface area contributed by atoms with E-state index in [1.165, 1.54) is 11.8 Å². The van der Waals surface area contributed by atoms with Crippen LogP contribution >= 0.6 is 24.0 Å². The number of hydrogen-bond acceptors (Lipinski definition) is 4. The highest BCUT2D eigenvalue weighted by molar-refractivity contribution is 8.22. The van der Waals surface area contributed by atoms with Gasteiger partial charge in [0.05, 0.1) is 11.9 Å². The van der Waals surface area contributed by atoms with Gasteiger partial charge in [0.1, 0.15) is 0 Å². The van der Waals surface area contributed by atoms with Crippen LogP contribution < -0.4 is 5.43 Å². The third-order valence-corrected chi connectivity index (χ3v) is 2.50. The lowest BCUT2D eigenvalue weighted by Gasteiger charge is -1.97. The maximum absolute atomic E-state index is 4.91. The first-order valence-electron chi connectivity index (χ1n) is 4.03. The van der Waals surface area contributed by atoms with E-state index in [1.54, 1.807) is 6.21 Å². The summed E-state index contributed by atoms with van der Waals surface area (Å²) >= 11 is 6.36. The van der Waals surface area contributed by atoms with Gasteiger partial charge in [-0.05, 0) is 25.3 Å². The molecule has 1 N–H and O–H groups in total. The van der Waals surface area contributed by atoms with Crippen LogP contribution in [0.3, 0.4) is 0 Å². The minimum atomic E-state index is 0.647. The molecule has 3 nitrogen and oxygen atoms in total. The van der Waals surface area contributed by atoms with Crippen LogP contribution in [0, 0.1) is 6.92 Å². The molecular weight excluding hydrogens is 214 g/mol. The molecule has 0 saturated carbocycles. The zero-order valence-electron chi connectivity index (χ0n) is 8.02. The zero-order chi connectivity index (χ0) is 10.4. The molecule has 0 aromatic carbocycles. The fraction of sp³-hybridized carbons (Fsp3) is 0.222. The highest BCUT2D eigenvalue weighted by Gasteiger charge is 1.90. The molecule has 0 spiro atoms. The second-order valence-electron chi connectivity index (χ2n) is 2.57. The molecule has 0 fully saturated rings. The van der Waals surface area contributed by atoms with Crippen molar-refractivity contribution in [1.29, 1.82) is 0 Å². The van der Waals surface area contributed by atoms with Crippen molar-refractivity contribution < 1.29 is 0 Å². The van der Waals surface area contributed by atoms with Crippen molar-refractivity contribution in [2.24, 2.45) is 5.10 Å². The van der Waals surface area contributed by atoms with Crippen molar-refractivity contribution in [2.75, 3.05) is 6.26 Å². The Morgan fingerprint density at radius 2 is 2.43 bits per heavy atom. The minimum absolute atomic E-state index is 0.647. The molecular formula is C9H11N3S2. The van der Waals surface area contributed by atoms with Crippen molar-refractivity contribution >= 4 is 34.5 Å². The molecule has 0 radical (unpaired) electrons. The van der Waals surface area contributed by atoms with Gasteiger partial charge in [0.2, 0.25) is 0 Å². The average molecular weight is 225 g/mol. The van der Waals surface area contributed by atoms with E-state index in [9.17, 15) is 0 Å². The van der Waals surface area contributed by atoms with Gasteiger partial charge in [-0.3, -0.25) is 10.4 Å². The number of rotatable bonds is 2. The van der Waals surface area contributed by atoms with Crippen LogP contribution in [-0.4, -0.2) is 21.8 Å². The summed E-state index contributed by atoms with van der Waals surface area (Å²) in [5.41, 5.74) is 4.52. The first-order chi connectivity index (χ1) is 6.72. The Morgan fingerprint density at radius 3 is 3.07 bits per heavy atom. The smallest absolute Gasteiger partial charge is 0.153 e. The Labute approximate surface area is 93.0 Å². The normalized spacial score (nSPS) is 10.4. The highest BCUT2D eigenvalue weighted by atomic mass is 32.2. The second-order valence-corrected chi connectivity index (χ2v) is 4.05. The molecule has 5 heteroatoms. The van der Waals surface area contributed by atoms with Crippen molar-refractivity contribution in [3.8, 4) is 0 Å². The maximum Gasteiger partial charge on any atom is 0.153 e. The summed E-state index contributed by atoms with van der Waals surface area (Å²) in [6, 6.07) is 5.77. The Balaban J connectivity index is 2.56. The molecule has 0 bridgehead atoms. The third kappa shape index (κ3) is 3.85. The van der Waals surface area contributed by atoms with E-state index in [1.807, 2.05) is 31.4 Å². The Hall–Kier alpha value is -0.940. The Kier molecular flexibility index (Phi) is 4.55. The molecule has 0 aliphatic carbocycles. The van der Waals surface area contributed by atoms with Crippen LogP contribution in [0.4, 0.5) is 0 Å². The lowest BCUT2D eigenvalue weighted by atomic mass is 10.3. The summed E-state index contributed by atoms with van der Waals surface area (Å²) in [5.74, 6) is 0. The maximum atomic E-state index is 4.91. The van der Waals surface area contributed by atoms with E-state index < -0.39 is 0 Å². The van der Waals surface area contributed by atoms with Crippen molar-refractivity contribution in [2.45, 2.75) is 6.92 Å². The Morgan fingerprint density at radius 1 is 1.64 bits per heavy atom. The van der Waals surface area contributed by atoms with Gasteiger partial charge in [-0.2, -0.15) is 5.10 Å². The van der Waals surface area contributed by atoms with E-state index in [2.05, 4.69) is 15.5 Å². The average Bonchev–Trinajstić information content (AvgIpc) is 2.17. The number of nitrogens with zero attached hydrogens (tertiary/aromatic N) is 2. The quantitative estimate of drug-likeness (QED) is 0.474. The molecule has 1 rings (SSSR count). The van der Waals surface area contributed by atoms with Gasteiger partial charge in [0.25, 0.3) is 0 Å². The van der Waals surface area contributed by atoms with Gasteiger partial charge < -0.3 is 0 Å². The predicted molar refractivity (Wildman–Crippen MR) is 65.8 cm³/mol. The highest BCUT2D eigenvalue weighted by Crippen LogP contribution is 1.95. The van der Waals surface area contributed by atoms with E-state index in [-0.39, 0.29) is 0 Å². The molecule has 0 unspecified atom stereocenters. The fourth-order valence-corrected chi connectivity index (χ4v) is 1.03. The number of hydrogen-bond donors (Lipinski definition) is 1. The predicted octanol–water partition coefficient (Wildman–Crippen LogP) is 1.96. The first kappa shape index (κ1) is 11.1. The molecule has 14 heavy (non-hydrogen) atoms. The van der Waals surface area contributed by atoms with Gasteiger partial charge in [0, 0.05) is 5.69 Å². The summed E-state index contributed by atoms with van der Waals surface area (Å²) < 4.78 is 0.647. The summed E-state index contributed by atoms with van der Waals surface area (Å²) in [6.07, 6.45) is 3.55. The number of aromatic nitrogens is 1. The molecule has 0 aliphatic rings. The molecule has 1 aromatic rings. The topological polar surface area (TPSA) is 37.3 Å². The summed E-state index contributed by atoms with van der Waals surface area (Å²) in [6.45, 7) is 1.94. The van der Waals surface area contributed by atoms with Crippen LogP contribution in [0.25, 0.3) is 0 Å². The van der Waals surface area contributed by atoms with Crippen LogP contribution in [0.15, 0.2) is 23.3 Å². The molecule has 0 amide bonds. The number of pyridine rings is 1. The molecule has 0 saturated heterocycles. The summed E-state index contributed by atoms with van der Waals surface area (Å²) in [4.78, 5) is 4.26. The third-order valence-electron chi connectivity index (χ3n) is 1.45. The standard InChI is InChI=1S/C9H11N3S2/c1-7-4-3-5-8(11-7)6-10-12-9(13)14-2/h3-6H,1-2H3,(H,12,13)/b10-6-. The fourth-order valence-electron chi connectivity index (χ4n) is 0.833. The van der Waals surface area contributed by atoms with E-state index >= 15 is 0 Å². The molecule has 1 aromatic heterocycles. The summed E-state index contributed by atoms with van der Waals surface area (Å²) in [7, 11) is 0. The minimum Gasteiger partial charge on any atom is -0.262 e. The van der Waals surface area contributed by atoms with Gasteiger partial charge in [-0.15, -0.1) is 0 Å². The van der Waals surface area contributed by atoms with Crippen LogP contribution in [0.1, 0.15) is 11.4 Å². The van der Waals surface area contributed by atoms with Crippen molar-refractivity contribution in [3.05, 3.63) is 29.6 Å². The van der Waals surface area contributed by atoms with Gasteiger partial charge in [-0.25, -0.2) is 0 Å². The van der Waals surface area contributed by atoms with Crippen LogP contribution in [0.5, 0.6) is 0 Å². The lowest BCUT2D eigenvalue weighted by molar-refractivity contribution is 1.07. The zero-order valence-corrected chi connectivity index (χ0v) is 9.65. The monoisotopic (exact) mass is 225 g/mol. The number of nitrogens with one attached hydrogen (secondary N) is 1. The largest absolute Gasteiger partial charge is 0.262 e. The summed E-state index contributed by atoms with van der Waals surface area (Å²) in [5, 5.41) is 3.95. The molecule has 74 valence electrons. The molecule has 1 heterocycles. The second kappa shape index (κ2) is 5.72. The van der Waals surface area contributed by atoms with Gasteiger partial charge >= 0.3 is 0 Å². The number of thiocarbonyl (C=S) groups is 1. The van der Waals surface area contributed by atoms with Gasteiger partial charge in [0.15, 0.2) is 4.32 Å².